The molecule has 104 valence electrons. The van der Waals surface area contributed by atoms with Gasteiger partial charge in [0.25, 0.3) is 5.91 Å². The molecule has 3 nitrogen and oxygen atoms in total. The molecule has 2 N–H and O–H groups in total. The highest BCUT2D eigenvalue weighted by Gasteiger charge is 2.28. The summed E-state index contributed by atoms with van der Waals surface area (Å²) in [5, 5.41) is 0. The minimum atomic E-state index is -0.448. The molecule has 2 rings (SSSR count). The molecule has 0 spiro atoms. The molecule has 0 atom stereocenters. The van der Waals surface area contributed by atoms with E-state index in [2.05, 4.69) is 0 Å². The first-order chi connectivity index (χ1) is 9.04. The van der Waals surface area contributed by atoms with Crippen molar-refractivity contribution in [3.63, 3.8) is 0 Å². The Kier molecular flexibility index (Phi) is 4.08. The van der Waals surface area contributed by atoms with E-state index in [4.69, 9.17) is 5.73 Å². The largest absolute Gasteiger partial charge is 0.399 e. The average molecular weight is 264 g/mol. The number of anilines is 1. The Hall–Kier alpha value is -1.58. The number of hydrogen-bond donors (Lipinski definition) is 1. The normalized spacial score (nSPS) is 15.7. The van der Waals surface area contributed by atoms with E-state index < -0.39 is 5.82 Å². The van der Waals surface area contributed by atoms with Crippen molar-refractivity contribution in [3.05, 3.63) is 29.1 Å². The lowest BCUT2D eigenvalue weighted by Crippen LogP contribution is -2.39. The molecule has 1 aliphatic carbocycles. The molecular formula is C15H21FN2O. The maximum Gasteiger partial charge on any atom is 0.257 e. The van der Waals surface area contributed by atoms with Gasteiger partial charge in [0.1, 0.15) is 5.82 Å². The minimum Gasteiger partial charge on any atom is -0.399 e. The lowest BCUT2D eigenvalue weighted by Gasteiger charge is -2.28. The Balaban J connectivity index is 2.31. The maximum absolute atomic E-state index is 14.1. The first-order valence-electron chi connectivity index (χ1n) is 6.91. The second-order valence-corrected chi connectivity index (χ2v) is 5.23. The quantitative estimate of drug-likeness (QED) is 0.853. The zero-order valence-corrected chi connectivity index (χ0v) is 11.6. The zero-order valence-electron chi connectivity index (χ0n) is 11.6. The molecule has 0 aliphatic heterocycles. The van der Waals surface area contributed by atoms with Gasteiger partial charge in [0.2, 0.25) is 0 Å². The summed E-state index contributed by atoms with van der Waals surface area (Å²) in [6.45, 7) is 4.18. The lowest BCUT2D eigenvalue weighted by atomic mass is 10.1. The van der Waals surface area contributed by atoms with Gasteiger partial charge in [-0.15, -0.1) is 0 Å². The SMILES string of the molecule is CCN(C(=O)c1cc(N)cc(C)c1F)C1CCCC1. The fourth-order valence-corrected chi connectivity index (χ4v) is 2.89. The standard InChI is InChI=1S/C15H21FN2O/c1-3-18(12-6-4-5-7-12)15(19)13-9-11(17)8-10(2)14(13)16/h8-9,12H,3-7,17H2,1-2H3. The van der Waals surface area contributed by atoms with E-state index in [-0.39, 0.29) is 17.5 Å². The van der Waals surface area contributed by atoms with Gasteiger partial charge in [0.05, 0.1) is 5.56 Å². The van der Waals surface area contributed by atoms with E-state index in [1.54, 1.807) is 17.9 Å². The van der Waals surface area contributed by atoms with Crippen LogP contribution in [0.5, 0.6) is 0 Å². The molecule has 0 unspecified atom stereocenters. The van der Waals surface area contributed by atoms with E-state index >= 15 is 0 Å². The van der Waals surface area contributed by atoms with Gasteiger partial charge in [0, 0.05) is 18.3 Å². The van der Waals surface area contributed by atoms with E-state index in [0.29, 0.717) is 17.8 Å². The van der Waals surface area contributed by atoms with Crippen LogP contribution in [0.25, 0.3) is 0 Å². The molecule has 1 fully saturated rings. The topological polar surface area (TPSA) is 46.3 Å². The first-order valence-corrected chi connectivity index (χ1v) is 6.91. The summed E-state index contributed by atoms with van der Waals surface area (Å²) in [6.07, 6.45) is 4.32. The molecule has 1 aromatic rings. The first kappa shape index (κ1) is 13.8. The molecule has 0 bridgehead atoms. The number of aryl methyl sites for hydroxylation is 1. The molecule has 0 heterocycles. The van der Waals surface area contributed by atoms with Crippen LogP contribution < -0.4 is 5.73 Å². The number of nitrogens with two attached hydrogens (primary N) is 1. The lowest BCUT2D eigenvalue weighted by molar-refractivity contribution is 0.0688. The summed E-state index contributed by atoms with van der Waals surface area (Å²) in [4.78, 5) is 14.3. The number of nitrogens with zero attached hydrogens (tertiary/aromatic N) is 1. The second-order valence-electron chi connectivity index (χ2n) is 5.23. The van der Waals surface area contributed by atoms with E-state index in [1.807, 2.05) is 6.92 Å². The highest BCUT2D eigenvalue weighted by Crippen LogP contribution is 2.26. The number of amides is 1. The monoisotopic (exact) mass is 264 g/mol. The Morgan fingerprint density at radius 1 is 1.42 bits per heavy atom. The summed E-state index contributed by atoms with van der Waals surface area (Å²) >= 11 is 0. The van der Waals surface area contributed by atoms with Crippen molar-refractivity contribution >= 4 is 11.6 Å². The van der Waals surface area contributed by atoms with Gasteiger partial charge in [-0.25, -0.2) is 4.39 Å². The highest BCUT2D eigenvalue weighted by atomic mass is 19.1. The number of halogens is 1. The van der Waals surface area contributed by atoms with Gasteiger partial charge in [-0.2, -0.15) is 0 Å². The maximum atomic E-state index is 14.1. The molecule has 1 aromatic carbocycles. The Bertz CT molecular complexity index is 481. The highest BCUT2D eigenvalue weighted by molar-refractivity contribution is 5.95. The Morgan fingerprint density at radius 3 is 2.63 bits per heavy atom. The van der Waals surface area contributed by atoms with Crippen LogP contribution in [0.4, 0.5) is 10.1 Å². The molecule has 0 radical (unpaired) electrons. The van der Waals surface area contributed by atoms with Gasteiger partial charge in [-0.05, 0) is 44.4 Å². The fourth-order valence-electron chi connectivity index (χ4n) is 2.89. The average Bonchev–Trinajstić information content (AvgIpc) is 2.88. The van der Waals surface area contributed by atoms with Crippen molar-refractivity contribution in [2.75, 3.05) is 12.3 Å². The Labute approximate surface area is 113 Å². The molecule has 1 aliphatic rings. The predicted octanol–water partition coefficient (Wildman–Crippen LogP) is 3.12. The number of nitrogen functional groups attached to an aromatic ring is 1. The van der Waals surface area contributed by atoms with Crippen molar-refractivity contribution in [2.45, 2.75) is 45.6 Å². The van der Waals surface area contributed by atoms with Crippen LogP contribution in [0.3, 0.4) is 0 Å². The van der Waals surface area contributed by atoms with Gasteiger partial charge in [-0.1, -0.05) is 12.8 Å². The van der Waals surface area contributed by atoms with E-state index in [1.165, 1.54) is 6.07 Å². The van der Waals surface area contributed by atoms with Crippen LogP contribution in [-0.2, 0) is 0 Å². The second kappa shape index (κ2) is 5.59. The summed E-state index contributed by atoms with van der Waals surface area (Å²) in [5.74, 6) is -0.682. The minimum absolute atomic E-state index is 0.103. The van der Waals surface area contributed by atoms with Crippen LogP contribution in [0.1, 0.15) is 48.5 Å². The van der Waals surface area contributed by atoms with E-state index in [9.17, 15) is 9.18 Å². The van der Waals surface area contributed by atoms with Crippen LogP contribution in [0.2, 0.25) is 0 Å². The summed E-state index contributed by atoms with van der Waals surface area (Å²) < 4.78 is 14.1. The van der Waals surface area contributed by atoms with Gasteiger partial charge in [-0.3, -0.25) is 4.79 Å². The predicted molar refractivity (Wildman–Crippen MR) is 74.5 cm³/mol. The number of carbonyl (C=O) groups excluding carboxylic acids is 1. The molecule has 19 heavy (non-hydrogen) atoms. The van der Waals surface area contributed by atoms with Crippen LogP contribution >= 0.6 is 0 Å². The van der Waals surface area contributed by atoms with Crippen LogP contribution in [0.15, 0.2) is 12.1 Å². The van der Waals surface area contributed by atoms with Gasteiger partial charge in [0.15, 0.2) is 0 Å². The number of hydrogen-bond acceptors (Lipinski definition) is 2. The van der Waals surface area contributed by atoms with Crippen molar-refractivity contribution in [2.24, 2.45) is 0 Å². The number of carbonyl (C=O) groups is 1. The third kappa shape index (κ3) is 2.72. The van der Waals surface area contributed by atoms with Crippen molar-refractivity contribution < 1.29 is 9.18 Å². The fraction of sp³-hybridized carbons (Fsp3) is 0.533. The number of benzene rings is 1. The molecule has 1 saturated carbocycles. The van der Waals surface area contributed by atoms with Crippen LogP contribution in [-0.4, -0.2) is 23.4 Å². The van der Waals surface area contributed by atoms with Gasteiger partial charge < -0.3 is 10.6 Å². The summed E-state index contributed by atoms with van der Waals surface area (Å²) in [7, 11) is 0. The van der Waals surface area contributed by atoms with Crippen molar-refractivity contribution in [1.29, 1.82) is 0 Å². The Morgan fingerprint density at radius 2 is 2.05 bits per heavy atom. The summed E-state index contributed by atoms with van der Waals surface area (Å²) in [6, 6.07) is 3.25. The molecular weight excluding hydrogens is 243 g/mol. The molecule has 1 amide bonds. The number of rotatable bonds is 3. The van der Waals surface area contributed by atoms with Crippen LogP contribution in [0, 0.1) is 12.7 Å². The van der Waals surface area contributed by atoms with Gasteiger partial charge >= 0.3 is 0 Å². The third-order valence-electron chi connectivity index (χ3n) is 3.87. The zero-order chi connectivity index (χ0) is 14.0. The summed E-state index contributed by atoms with van der Waals surface area (Å²) in [5.41, 5.74) is 6.68. The van der Waals surface area contributed by atoms with Crippen molar-refractivity contribution in [3.8, 4) is 0 Å². The smallest absolute Gasteiger partial charge is 0.257 e. The molecule has 0 aromatic heterocycles. The van der Waals surface area contributed by atoms with E-state index in [0.717, 1.165) is 25.7 Å². The third-order valence-corrected chi connectivity index (χ3v) is 3.87. The van der Waals surface area contributed by atoms with Crippen molar-refractivity contribution in [1.82, 2.24) is 4.90 Å². The molecule has 0 saturated heterocycles. The molecule has 4 heteroatoms.